The van der Waals surface area contributed by atoms with Crippen molar-refractivity contribution in [3.05, 3.63) is 86.6 Å². The lowest BCUT2D eigenvalue weighted by Gasteiger charge is -2.01. The van der Waals surface area contributed by atoms with E-state index in [9.17, 15) is 19.7 Å². The van der Waals surface area contributed by atoms with E-state index < -0.39 is 16.8 Å². The number of hydrogen-bond acceptors (Lipinski definition) is 6. The van der Waals surface area contributed by atoms with Gasteiger partial charge in [-0.2, -0.15) is 5.10 Å². The van der Waals surface area contributed by atoms with Crippen LogP contribution < -0.4 is 5.43 Å². The molecule has 2 N–H and O–H groups in total. The Morgan fingerprint density at radius 3 is 2.48 bits per heavy atom. The molecule has 2 aromatic carbocycles. The Kier molecular flexibility index (Phi) is 5.70. The lowest BCUT2D eigenvalue weighted by Crippen LogP contribution is -2.17. The zero-order chi connectivity index (χ0) is 21.0. The number of benzene rings is 2. The normalized spacial score (nSPS) is 10.8. The second-order valence-corrected chi connectivity index (χ2v) is 6.11. The second kappa shape index (κ2) is 8.36. The number of carboxylic acid groups (broad SMARTS) is 1. The van der Waals surface area contributed by atoms with Gasteiger partial charge in [-0.1, -0.05) is 17.7 Å². The molecule has 0 saturated carbocycles. The third kappa shape index (κ3) is 4.66. The number of nitrogens with one attached hydrogen (secondary N) is 1. The van der Waals surface area contributed by atoms with Crippen LogP contribution in [0.5, 0.6) is 0 Å². The van der Waals surface area contributed by atoms with Crippen LogP contribution >= 0.6 is 11.6 Å². The first-order valence-corrected chi connectivity index (χ1v) is 8.44. The summed E-state index contributed by atoms with van der Waals surface area (Å²) in [5, 5.41) is 23.5. The number of carbonyl (C=O) groups excluding carboxylic acids is 1. The van der Waals surface area contributed by atoms with Gasteiger partial charge in [0.25, 0.3) is 11.6 Å². The molecule has 1 amide bonds. The Morgan fingerprint density at radius 2 is 1.86 bits per heavy atom. The van der Waals surface area contributed by atoms with Gasteiger partial charge in [0.1, 0.15) is 11.5 Å². The topological polar surface area (TPSA) is 135 Å². The number of nitro benzene ring substituents is 1. The van der Waals surface area contributed by atoms with Gasteiger partial charge in [0, 0.05) is 23.3 Å². The highest BCUT2D eigenvalue weighted by Crippen LogP contribution is 2.27. The summed E-state index contributed by atoms with van der Waals surface area (Å²) in [5.74, 6) is -0.897. The fraction of sp³-hybridized carbons (Fsp3) is 0. The summed E-state index contributed by atoms with van der Waals surface area (Å²) in [5.41, 5.74) is 2.94. The van der Waals surface area contributed by atoms with E-state index in [0.717, 1.165) is 0 Å². The molecular weight excluding hydrogens is 402 g/mol. The minimum atomic E-state index is -1.13. The van der Waals surface area contributed by atoms with Gasteiger partial charge in [0.05, 0.1) is 21.7 Å². The highest BCUT2D eigenvalue weighted by molar-refractivity contribution is 6.33. The van der Waals surface area contributed by atoms with E-state index in [1.54, 1.807) is 18.2 Å². The van der Waals surface area contributed by atoms with Crippen LogP contribution in [0.25, 0.3) is 11.3 Å². The quantitative estimate of drug-likeness (QED) is 0.356. The molecule has 0 radical (unpaired) electrons. The molecule has 0 atom stereocenters. The number of carbonyl (C=O) groups is 2. The van der Waals surface area contributed by atoms with Crippen LogP contribution in [0.15, 0.2) is 64.1 Å². The Morgan fingerprint density at radius 1 is 1.14 bits per heavy atom. The van der Waals surface area contributed by atoms with Crippen molar-refractivity contribution >= 4 is 35.4 Å². The minimum Gasteiger partial charge on any atom is -0.478 e. The van der Waals surface area contributed by atoms with E-state index in [1.807, 2.05) is 0 Å². The van der Waals surface area contributed by atoms with Crippen molar-refractivity contribution < 1.29 is 24.0 Å². The largest absolute Gasteiger partial charge is 0.478 e. The van der Waals surface area contributed by atoms with E-state index in [0.29, 0.717) is 17.1 Å². The van der Waals surface area contributed by atoms with Gasteiger partial charge in [0.2, 0.25) is 0 Å². The van der Waals surface area contributed by atoms with Crippen LogP contribution in [-0.2, 0) is 0 Å². The smallest absolute Gasteiger partial charge is 0.337 e. The molecule has 1 heterocycles. The molecule has 146 valence electrons. The van der Waals surface area contributed by atoms with Crippen molar-refractivity contribution in [1.29, 1.82) is 0 Å². The minimum absolute atomic E-state index is 0.0160. The van der Waals surface area contributed by atoms with Crippen molar-refractivity contribution in [1.82, 2.24) is 5.43 Å². The molecule has 29 heavy (non-hydrogen) atoms. The van der Waals surface area contributed by atoms with Gasteiger partial charge in [-0.15, -0.1) is 0 Å². The zero-order valence-corrected chi connectivity index (χ0v) is 15.3. The molecule has 0 aliphatic carbocycles. The molecule has 0 aliphatic heterocycles. The number of aromatic carboxylic acids is 1. The number of carboxylic acids is 1. The van der Waals surface area contributed by atoms with E-state index in [2.05, 4.69) is 10.5 Å². The molecule has 9 nitrogen and oxygen atoms in total. The zero-order valence-electron chi connectivity index (χ0n) is 14.5. The standard InChI is InChI=1S/C19H12ClN3O6/c20-16-9-12(3-7-15(16)19(25)26)17-8-6-14(29-17)10-21-22-18(24)11-1-4-13(5-2-11)23(27)28/h1-10H,(H,22,24)(H,25,26)/b21-10-. The number of nitrogens with zero attached hydrogens (tertiary/aromatic N) is 2. The van der Waals surface area contributed by atoms with Crippen molar-refractivity contribution in [3.8, 4) is 11.3 Å². The number of halogens is 1. The second-order valence-electron chi connectivity index (χ2n) is 5.70. The van der Waals surface area contributed by atoms with Gasteiger partial charge in [0.15, 0.2) is 0 Å². The average Bonchev–Trinajstić information content (AvgIpc) is 3.16. The number of nitro groups is 1. The first-order chi connectivity index (χ1) is 13.8. The van der Waals surface area contributed by atoms with Crippen LogP contribution in [0, 0.1) is 10.1 Å². The van der Waals surface area contributed by atoms with Crippen LogP contribution in [-0.4, -0.2) is 28.1 Å². The number of amides is 1. The molecule has 0 fully saturated rings. The molecule has 0 bridgehead atoms. The summed E-state index contributed by atoms with van der Waals surface area (Å²) in [7, 11) is 0. The van der Waals surface area contributed by atoms with Gasteiger partial charge < -0.3 is 9.52 Å². The molecule has 0 aliphatic rings. The van der Waals surface area contributed by atoms with Crippen LogP contribution in [0.3, 0.4) is 0 Å². The fourth-order valence-corrected chi connectivity index (χ4v) is 2.63. The average molecular weight is 414 g/mol. The van der Waals surface area contributed by atoms with Crippen molar-refractivity contribution in [2.75, 3.05) is 0 Å². The number of non-ortho nitro benzene ring substituents is 1. The molecule has 0 unspecified atom stereocenters. The molecule has 1 aromatic heterocycles. The third-order valence-electron chi connectivity index (χ3n) is 3.81. The maximum absolute atomic E-state index is 12.0. The fourth-order valence-electron chi connectivity index (χ4n) is 2.37. The highest BCUT2D eigenvalue weighted by atomic mass is 35.5. The number of hydrogen-bond donors (Lipinski definition) is 2. The third-order valence-corrected chi connectivity index (χ3v) is 4.12. The number of furan rings is 1. The summed E-state index contributed by atoms with van der Waals surface area (Å²) in [6.07, 6.45) is 1.28. The lowest BCUT2D eigenvalue weighted by molar-refractivity contribution is -0.384. The maximum atomic E-state index is 12.0. The van der Waals surface area contributed by atoms with E-state index >= 15 is 0 Å². The summed E-state index contributed by atoms with van der Waals surface area (Å²) in [4.78, 5) is 33.0. The highest BCUT2D eigenvalue weighted by Gasteiger charge is 2.12. The Bertz CT molecular complexity index is 1120. The van der Waals surface area contributed by atoms with Crippen LogP contribution in [0.2, 0.25) is 5.02 Å². The molecule has 3 aromatic rings. The summed E-state index contributed by atoms with van der Waals surface area (Å²) in [6.45, 7) is 0. The molecule has 10 heteroatoms. The van der Waals surface area contributed by atoms with Crippen molar-refractivity contribution in [2.24, 2.45) is 5.10 Å². The monoisotopic (exact) mass is 413 g/mol. The van der Waals surface area contributed by atoms with Crippen LogP contribution in [0.4, 0.5) is 5.69 Å². The summed E-state index contributed by atoms with van der Waals surface area (Å²) in [6, 6.07) is 12.7. The SMILES string of the molecule is O=C(N/N=C\c1ccc(-c2ccc(C(=O)O)c(Cl)c2)o1)c1ccc([N+](=O)[O-])cc1. The van der Waals surface area contributed by atoms with E-state index in [4.69, 9.17) is 21.1 Å². The summed E-state index contributed by atoms with van der Waals surface area (Å²) >= 11 is 5.95. The lowest BCUT2D eigenvalue weighted by atomic mass is 10.1. The van der Waals surface area contributed by atoms with Crippen molar-refractivity contribution in [2.45, 2.75) is 0 Å². The van der Waals surface area contributed by atoms with Crippen molar-refractivity contribution in [3.63, 3.8) is 0 Å². The van der Waals surface area contributed by atoms with E-state index in [-0.39, 0.29) is 21.8 Å². The summed E-state index contributed by atoms with van der Waals surface area (Å²) < 4.78 is 5.57. The van der Waals surface area contributed by atoms with E-state index in [1.165, 1.54) is 42.6 Å². The number of rotatable bonds is 6. The van der Waals surface area contributed by atoms with Gasteiger partial charge in [-0.3, -0.25) is 14.9 Å². The van der Waals surface area contributed by atoms with Crippen LogP contribution in [0.1, 0.15) is 26.5 Å². The maximum Gasteiger partial charge on any atom is 0.337 e. The van der Waals surface area contributed by atoms with Gasteiger partial charge >= 0.3 is 5.97 Å². The molecule has 0 spiro atoms. The Labute approximate surface area is 168 Å². The number of hydrazone groups is 1. The Hall–Kier alpha value is -3.98. The van der Waals surface area contributed by atoms with Gasteiger partial charge in [-0.05, 0) is 36.4 Å². The Balaban J connectivity index is 1.66. The first-order valence-electron chi connectivity index (χ1n) is 8.06. The molecule has 3 rings (SSSR count). The molecule has 0 saturated heterocycles. The molecular formula is C19H12ClN3O6. The predicted octanol–water partition coefficient (Wildman–Crippen LogP) is 3.97. The van der Waals surface area contributed by atoms with Gasteiger partial charge in [-0.25, -0.2) is 10.2 Å². The first kappa shape index (κ1) is 19.8. The predicted molar refractivity (Wildman–Crippen MR) is 104 cm³/mol.